The Balaban J connectivity index is 2.44. The summed E-state index contributed by atoms with van der Waals surface area (Å²) in [6.07, 6.45) is 4.92. The zero-order valence-electron chi connectivity index (χ0n) is 10.00. The van der Waals surface area contributed by atoms with Gasteiger partial charge in [-0.3, -0.25) is 4.98 Å². The second-order valence-corrected chi connectivity index (χ2v) is 4.02. The van der Waals surface area contributed by atoms with Crippen LogP contribution in [0.15, 0.2) is 48.8 Å². The van der Waals surface area contributed by atoms with Crippen molar-refractivity contribution in [3.05, 3.63) is 65.5 Å². The number of aryl methyl sites for hydroxylation is 1. The van der Waals surface area contributed by atoms with Crippen LogP contribution < -0.4 is 0 Å². The third kappa shape index (κ3) is 2.83. The third-order valence-electron chi connectivity index (χ3n) is 2.59. The van der Waals surface area contributed by atoms with Crippen molar-refractivity contribution < 1.29 is 9.90 Å². The van der Waals surface area contributed by atoms with Crippen LogP contribution >= 0.6 is 0 Å². The molecule has 2 aromatic rings. The van der Waals surface area contributed by atoms with Gasteiger partial charge in [0.25, 0.3) is 0 Å². The average molecular weight is 239 g/mol. The highest BCUT2D eigenvalue weighted by molar-refractivity contribution is 6.20. The van der Waals surface area contributed by atoms with Crippen molar-refractivity contribution in [2.24, 2.45) is 0 Å². The fourth-order valence-electron chi connectivity index (χ4n) is 1.63. The van der Waals surface area contributed by atoms with Gasteiger partial charge in [0.2, 0.25) is 0 Å². The summed E-state index contributed by atoms with van der Waals surface area (Å²) in [7, 11) is 0. The summed E-state index contributed by atoms with van der Waals surface area (Å²) in [5.41, 5.74) is 2.83. The van der Waals surface area contributed by atoms with E-state index in [1.807, 2.05) is 37.3 Å². The molecule has 90 valence electrons. The summed E-state index contributed by atoms with van der Waals surface area (Å²) in [6.45, 7) is 1.97. The Morgan fingerprint density at radius 2 is 1.94 bits per heavy atom. The van der Waals surface area contributed by atoms with E-state index in [0.29, 0.717) is 5.56 Å². The highest BCUT2D eigenvalue weighted by Crippen LogP contribution is 2.18. The van der Waals surface area contributed by atoms with Crippen molar-refractivity contribution in [1.29, 1.82) is 0 Å². The van der Waals surface area contributed by atoms with Crippen molar-refractivity contribution in [3.63, 3.8) is 0 Å². The van der Waals surface area contributed by atoms with Gasteiger partial charge in [-0.2, -0.15) is 0 Å². The molecule has 0 radical (unpaired) electrons. The normalized spacial score (nSPS) is 11.3. The van der Waals surface area contributed by atoms with Gasteiger partial charge in [-0.25, -0.2) is 4.79 Å². The number of benzene rings is 1. The van der Waals surface area contributed by atoms with Crippen molar-refractivity contribution in [3.8, 4) is 0 Å². The van der Waals surface area contributed by atoms with E-state index in [1.165, 1.54) is 0 Å². The van der Waals surface area contributed by atoms with Crippen molar-refractivity contribution in [2.75, 3.05) is 0 Å². The van der Waals surface area contributed by atoms with Gasteiger partial charge < -0.3 is 5.11 Å². The van der Waals surface area contributed by atoms with Gasteiger partial charge in [0.05, 0.1) is 5.57 Å². The van der Waals surface area contributed by atoms with E-state index >= 15 is 0 Å². The smallest absolute Gasteiger partial charge is 0.336 e. The molecule has 0 amide bonds. The lowest BCUT2D eigenvalue weighted by Crippen LogP contribution is -1.99. The molecule has 3 heteroatoms. The topological polar surface area (TPSA) is 50.2 Å². The van der Waals surface area contributed by atoms with E-state index in [9.17, 15) is 9.90 Å². The van der Waals surface area contributed by atoms with E-state index in [4.69, 9.17) is 0 Å². The van der Waals surface area contributed by atoms with Crippen LogP contribution in [0.4, 0.5) is 0 Å². The molecule has 0 bridgehead atoms. The van der Waals surface area contributed by atoms with Crippen LogP contribution in [0.3, 0.4) is 0 Å². The van der Waals surface area contributed by atoms with Crippen LogP contribution in [0.25, 0.3) is 11.6 Å². The first-order valence-electron chi connectivity index (χ1n) is 5.59. The molecule has 0 aliphatic carbocycles. The Bertz CT molecular complexity index is 571. The Hall–Kier alpha value is -2.42. The molecule has 1 N–H and O–H groups in total. The maximum Gasteiger partial charge on any atom is 0.336 e. The van der Waals surface area contributed by atoms with Gasteiger partial charge in [0.1, 0.15) is 0 Å². The molecule has 0 aliphatic heterocycles. The van der Waals surface area contributed by atoms with E-state index in [2.05, 4.69) is 4.98 Å². The average Bonchev–Trinajstić information content (AvgIpc) is 2.38. The zero-order chi connectivity index (χ0) is 13.0. The van der Waals surface area contributed by atoms with Crippen molar-refractivity contribution in [2.45, 2.75) is 6.92 Å². The highest BCUT2D eigenvalue weighted by atomic mass is 16.4. The summed E-state index contributed by atoms with van der Waals surface area (Å²) >= 11 is 0. The minimum Gasteiger partial charge on any atom is -0.478 e. The first kappa shape index (κ1) is 12.0. The standard InChI is InChI=1S/C15H13NO2/c1-11-4-6-13(7-5-11)14(15(17)18)9-12-3-2-8-16-10-12/h2-10H,1H3,(H,17,18)/b14-9+. The predicted octanol–water partition coefficient (Wildman–Crippen LogP) is 3.02. The number of aliphatic carboxylic acids is 1. The fraction of sp³-hybridized carbons (Fsp3) is 0.0667. The number of nitrogens with zero attached hydrogens (tertiary/aromatic N) is 1. The van der Waals surface area contributed by atoms with Crippen molar-refractivity contribution >= 4 is 17.6 Å². The summed E-state index contributed by atoms with van der Waals surface area (Å²) < 4.78 is 0. The Kier molecular flexibility index (Phi) is 3.53. The molecule has 0 saturated carbocycles. The molecule has 1 aromatic heterocycles. The molecule has 0 atom stereocenters. The van der Waals surface area contributed by atoms with Crippen molar-refractivity contribution in [1.82, 2.24) is 4.98 Å². The number of carbonyl (C=O) groups is 1. The largest absolute Gasteiger partial charge is 0.478 e. The molecular weight excluding hydrogens is 226 g/mol. The number of carboxylic acids is 1. The Morgan fingerprint density at radius 3 is 2.50 bits per heavy atom. The lowest BCUT2D eigenvalue weighted by molar-refractivity contribution is -0.130. The summed E-state index contributed by atoms with van der Waals surface area (Å²) in [5, 5.41) is 9.27. The summed E-state index contributed by atoms with van der Waals surface area (Å²) in [6, 6.07) is 11.0. The zero-order valence-corrected chi connectivity index (χ0v) is 10.00. The summed E-state index contributed by atoms with van der Waals surface area (Å²) in [5.74, 6) is -0.942. The highest BCUT2D eigenvalue weighted by Gasteiger charge is 2.09. The second-order valence-electron chi connectivity index (χ2n) is 4.02. The maximum absolute atomic E-state index is 11.3. The number of rotatable bonds is 3. The third-order valence-corrected chi connectivity index (χ3v) is 2.59. The lowest BCUT2D eigenvalue weighted by atomic mass is 10.0. The number of hydrogen-bond acceptors (Lipinski definition) is 2. The van der Waals surface area contributed by atoms with E-state index < -0.39 is 5.97 Å². The molecular formula is C15H13NO2. The van der Waals surface area contributed by atoms with Gasteiger partial charge in [0, 0.05) is 12.4 Å². The molecule has 0 aliphatic rings. The fourth-order valence-corrected chi connectivity index (χ4v) is 1.63. The van der Waals surface area contributed by atoms with Crippen LogP contribution in [0.5, 0.6) is 0 Å². The van der Waals surface area contributed by atoms with Crippen LogP contribution in [0.1, 0.15) is 16.7 Å². The predicted molar refractivity (Wildman–Crippen MR) is 70.9 cm³/mol. The van der Waals surface area contributed by atoms with E-state index in [0.717, 1.165) is 11.1 Å². The minimum absolute atomic E-state index is 0.267. The first-order valence-corrected chi connectivity index (χ1v) is 5.59. The molecule has 3 nitrogen and oxygen atoms in total. The molecule has 0 unspecified atom stereocenters. The molecule has 18 heavy (non-hydrogen) atoms. The van der Waals surface area contributed by atoms with Gasteiger partial charge in [-0.05, 0) is 30.2 Å². The second kappa shape index (κ2) is 5.27. The lowest BCUT2D eigenvalue weighted by Gasteiger charge is -2.03. The maximum atomic E-state index is 11.3. The van der Waals surface area contributed by atoms with E-state index in [-0.39, 0.29) is 5.57 Å². The number of pyridine rings is 1. The molecule has 0 saturated heterocycles. The van der Waals surface area contributed by atoms with Gasteiger partial charge in [-0.1, -0.05) is 35.9 Å². The SMILES string of the molecule is Cc1ccc(/C(=C\c2cccnc2)C(=O)O)cc1. The number of carboxylic acid groups (broad SMARTS) is 1. The monoisotopic (exact) mass is 239 g/mol. The Morgan fingerprint density at radius 1 is 1.22 bits per heavy atom. The molecule has 0 spiro atoms. The van der Waals surface area contributed by atoms with Crippen LogP contribution in [0, 0.1) is 6.92 Å². The molecule has 0 fully saturated rings. The van der Waals surface area contributed by atoms with E-state index in [1.54, 1.807) is 24.5 Å². The quantitative estimate of drug-likeness (QED) is 0.837. The Labute approximate surface area is 105 Å². The molecule has 1 heterocycles. The minimum atomic E-state index is -0.942. The van der Waals surface area contributed by atoms with Gasteiger partial charge in [0.15, 0.2) is 0 Å². The van der Waals surface area contributed by atoms with Crippen LogP contribution in [-0.4, -0.2) is 16.1 Å². The van der Waals surface area contributed by atoms with Crippen LogP contribution in [-0.2, 0) is 4.79 Å². The molecule has 1 aromatic carbocycles. The first-order chi connectivity index (χ1) is 8.66. The molecule has 2 rings (SSSR count). The van der Waals surface area contributed by atoms with Gasteiger partial charge >= 0.3 is 5.97 Å². The summed E-state index contributed by atoms with van der Waals surface area (Å²) in [4.78, 5) is 15.3. The van der Waals surface area contributed by atoms with Gasteiger partial charge in [-0.15, -0.1) is 0 Å². The van der Waals surface area contributed by atoms with Crippen LogP contribution in [0.2, 0.25) is 0 Å². The number of aromatic nitrogens is 1. The number of hydrogen-bond donors (Lipinski definition) is 1.